The Morgan fingerprint density at radius 1 is 0.796 bits per heavy atom. The smallest absolute Gasteiger partial charge is 0.482 e. The lowest BCUT2D eigenvalue weighted by Gasteiger charge is -2.64. The third kappa shape index (κ3) is 7.80. The summed E-state index contributed by atoms with van der Waals surface area (Å²) in [5, 5.41) is 9.96. The van der Waals surface area contributed by atoms with E-state index >= 15 is 0 Å². The van der Waals surface area contributed by atoms with Gasteiger partial charge in [0.15, 0.2) is 0 Å². The predicted molar refractivity (Wildman–Crippen MR) is 215 cm³/mol. The maximum atomic E-state index is 14.4. The molecule has 1 aliphatic heterocycles. The number of methoxy groups -OCH3 is 1. The highest BCUT2D eigenvalue weighted by molar-refractivity contribution is 6.48. The Balaban J connectivity index is 1.11. The van der Waals surface area contributed by atoms with Crippen LogP contribution in [0.3, 0.4) is 0 Å². The first-order valence-corrected chi connectivity index (χ1v) is 19.5. The van der Waals surface area contributed by atoms with E-state index in [2.05, 4.69) is 73.1 Å². The number of ether oxygens (including phenoxy) is 1. The van der Waals surface area contributed by atoms with E-state index in [9.17, 15) is 9.59 Å². The molecule has 4 aromatic rings. The number of nitrogens with one attached hydrogen (secondary N) is 3. The van der Waals surface area contributed by atoms with Gasteiger partial charge in [-0.3, -0.25) is 9.59 Å². The van der Waals surface area contributed by atoms with Gasteiger partial charge in [0.25, 0.3) is 0 Å². The highest BCUT2D eigenvalue weighted by Gasteiger charge is 2.68. The quantitative estimate of drug-likeness (QED) is 0.116. The van der Waals surface area contributed by atoms with Crippen LogP contribution in [0.25, 0.3) is 11.1 Å². The van der Waals surface area contributed by atoms with Crippen molar-refractivity contribution in [1.82, 2.24) is 10.6 Å². The van der Waals surface area contributed by atoms with Crippen LogP contribution < -0.4 is 20.7 Å². The molecule has 0 unspecified atom stereocenters. The van der Waals surface area contributed by atoms with Crippen LogP contribution in [0.2, 0.25) is 0 Å². The average molecular weight is 728 g/mol. The normalized spacial score (nSPS) is 24.1. The molecule has 3 aliphatic carbocycles. The van der Waals surface area contributed by atoms with Crippen molar-refractivity contribution in [2.24, 2.45) is 23.2 Å². The molecule has 3 saturated carbocycles. The van der Waals surface area contributed by atoms with Gasteiger partial charge >= 0.3 is 7.12 Å². The monoisotopic (exact) mass is 727 g/mol. The van der Waals surface area contributed by atoms with Gasteiger partial charge in [-0.05, 0) is 95.9 Å². The molecule has 282 valence electrons. The van der Waals surface area contributed by atoms with Crippen molar-refractivity contribution < 1.29 is 23.6 Å². The summed E-state index contributed by atoms with van der Waals surface area (Å²) in [6.07, 6.45) is 3.03. The zero-order valence-corrected chi connectivity index (χ0v) is 32.4. The summed E-state index contributed by atoms with van der Waals surface area (Å²) in [6, 6.07) is 34.6. The third-order valence-corrected chi connectivity index (χ3v) is 12.4. The van der Waals surface area contributed by atoms with E-state index in [1.165, 1.54) is 0 Å². The van der Waals surface area contributed by atoms with E-state index in [-0.39, 0.29) is 29.3 Å². The second-order valence-electron chi connectivity index (χ2n) is 16.6. The van der Waals surface area contributed by atoms with Crippen molar-refractivity contribution in [3.05, 3.63) is 120 Å². The molecule has 9 heteroatoms. The first-order valence-electron chi connectivity index (χ1n) is 19.5. The average Bonchev–Trinajstić information content (AvgIpc) is 3.54. The fourth-order valence-corrected chi connectivity index (χ4v) is 9.04. The molecular weight excluding hydrogens is 673 g/mol. The van der Waals surface area contributed by atoms with Gasteiger partial charge in [-0.15, -0.1) is 0 Å². The molecule has 2 bridgehead atoms. The van der Waals surface area contributed by atoms with Gasteiger partial charge in [0.1, 0.15) is 17.8 Å². The minimum Gasteiger partial charge on any atom is -0.497 e. The first-order chi connectivity index (χ1) is 25.9. The summed E-state index contributed by atoms with van der Waals surface area (Å²) in [5.74, 6) is 0.601. The van der Waals surface area contributed by atoms with Crippen LogP contribution in [0, 0.1) is 23.2 Å². The van der Waals surface area contributed by atoms with Crippen LogP contribution in [-0.4, -0.2) is 55.8 Å². The lowest BCUT2D eigenvalue weighted by molar-refractivity contribution is -0.199. The molecule has 1 saturated heterocycles. The van der Waals surface area contributed by atoms with Crippen molar-refractivity contribution in [3.8, 4) is 16.9 Å². The molecule has 54 heavy (non-hydrogen) atoms. The van der Waals surface area contributed by atoms with Crippen molar-refractivity contribution >= 4 is 24.6 Å². The summed E-state index contributed by atoms with van der Waals surface area (Å²) in [7, 11) is 1.03. The molecule has 4 aromatic carbocycles. The number of carbonyl (C=O) groups is 2. The maximum Gasteiger partial charge on any atom is 0.482 e. The van der Waals surface area contributed by atoms with Gasteiger partial charge in [-0.25, -0.2) is 0 Å². The van der Waals surface area contributed by atoms with E-state index in [1.54, 1.807) is 7.11 Å². The highest BCUT2D eigenvalue weighted by Crippen LogP contribution is 2.65. The van der Waals surface area contributed by atoms with Crippen LogP contribution in [0.1, 0.15) is 58.6 Å². The Hall–Kier alpha value is -4.60. The number of hydrogen-bond donors (Lipinski definition) is 3. The molecular formula is C45H54BN3O5. The summed E-state index contributed by atoms with van der Waals surface area (Å²) in [4.78, 5) is 28.8. The molecule has 0 radical (unpaired) electrons. The van der Waals surface area contributed by atoms with Gasteiger partial charge in [-0.1, -0.05) is 113 Å². The van der Waals surface area contributed by atoms with Crippen LogP contribution >= 0.6 is 0 Å². The van der Waals surface area contributed by atoms with E-state index in [1.807, 2.05) is 86.6 Å². The molecule has 7 atom stereocenters. The molecule has 0 aromatic heterocycles. The minimum atomic E-state index is -0.794. The largest absolute Gasteiger partial charge is 0.497 e. The maximum absolute atomic E-state index is 14.4. The lowest BCUT2D eigenvalue weighted by Crippen LogP contribution is -2.65. The van der Waals surface area contributed by atoms with Crippen molar-refractivity contribution in [2.45, 2.75) is 90.0 Å². The molecule has 0 spiro atoms. The number of rotatable bonds is 14. The lowest BCUT2D eigenvalue weighted by atomic mass is 9.43. The second kappa shape index (κ2) is 15.6. The van der Waals surface area contributed by atoms with Crippen molar-refractivity contribution in [1.29, 1.82) is 0 Å². The second-order valence-corrected chi connectivity index (χ2v) is 16.6. The molecule has 4 fully saturated rings. The van der Waals surface area contributed by atoms with E-state index in [0.29, 0.717) is 24.7 Å². The van der Waals surface area contributed by atoms with E-state index in [4.69, 9.17) is 14.0 Å². The van der Waals surface area contributed by atoms with Crippen molar-refractivity contribution in [3.63, 3.8) is 0 Å². The van der Waals surface area contributed by atoms with Gasteiger partial charge in [0.2, 0.25) is 11.8 Å². The van der Waals surface area contributed by atoms with Gasteiger partial charge < -0.3 is 30.0 Å². The molecule has 8 nitrogen and oxygen atoms in total. The van der Waals surface area contributed by atoms with Gasteiger partial charge in [0.05, 0.1) is 24.8 Å². The van der Waals surface area contributed by atoms with Crippen LogP contribution in [-0.2, 0) is 31.7 Å². The zero-order valence-electron chi connectivity index (χ0n) is 32.4. The fraction of sp³-hybridized carbons (Fsp3) is 0.422. The highest BCUT2D eigenvalue weighted by atomic mass is 16.7. The van der Waals surface area contributed by atoms with Gasteiger partial charge in [-0.2, -0.15) is 0 Å². The van der Waals surface area contributed by atoms with Crippen LogP contribution in [0.5, 0.6) is 5.75 Å². The Labute approximate surface area is 320 Å². The van der Waals surface area contributed by atoms with E-state index < -0.39 is 30.7 Å². The Kier molecular flexibility index (Phi) is 10.9. The summed E-state index contributed by atoms with van der Waals surface area (Å²) in [6.45, 7) is 10.8. The predicted octanol–water partition coefficient (Wildman–Crippen LogP) is 7.52. The summed E-state index contributed by atoms with van der Waals surface area (Å²) >= 11 is 0. The van der Waals surface area contributed by atoms with Crippen molar-refractivity contribution in [2.75, 3.05) is 12.4 Å². The fourth-order valence-electron chi connectivity index (χ4n) is 9.04. The number of carbonyl (C=O) groups excluding carboxylic acids is 2. The Morgan fingerprint density at radius 3 is 2.13 bits per heavy atom. The third-order valence-electron chi connectivity index (χ3n) is 12.4. The zero-order chi connectivity index (χ0) is 38.0. The van der Waals surface area contributed by atoms with Crippen LogP contribution in [0.15, 0.2) is 109 Å². The van der Waals surface area contributed by atoms with E-state index in [0.717, 1.165) is 46.5 Å². The SMILES string of the molecule is COc1ccc(C[C@H](Nc2cccc(-c3ccccc3)c2)C(=O)N[C@H](C(=O)N[C@@H](Cc2ccccc2)B2O[C@@H]3C[C@@H]4C[C@@H](C4(C)C)[C@]3(C)O2)C(C)C)cc1. The molecule has 1 heterocycles. The number of hydrogen-bond acceptors (Lipinski definition) is 6. The standard InChI is InChI=1S/C45H54BN3O5/c1-29(2)41(43(51)48-40(25-30-14-9-7-10-15-30)46-53-39-28-34-27-38(44(34,3)4)45(39,5)54-46)49-42(50)37(24-31-20-22-36(52-6)23-21-31)47-35-19-13-18-33(26-35)32-16-11-8-12-17-32/h7-23,26,29,34,37-41,47H,24-25,27-28H2,1-6H3,(H,48,51)(H,49,50)/t34-,37-,38-,39+,40-,41-,45-/m0/s1. The molecule has 8 rings (SSSR count). The number of benzene rings is 4. The summed E-state index contributed by atoms with van der Waals surface area (Å²) in [5.41, 5.74) is 4.77. The Bertz CT molecular complexity index is 1910. The number of anilines is 1. The Morgan fingerprint density at radius 2 is 1.46 bits per heavy atom. The molecule has 2 amide bonds. The first kappa shape index (κ1) is 37.7. The minimum absolute atomic E-state index is 0.0137. The summed E-state index contributed by atoms with van der Waals surface area (Å²) < 4.78 is 19.0. The van der Waals surface area contributed by atoms with Gasteiger partial charge in [0, 0.05) is 12.1 Å². The number of amides is 2. The van der Waals surface area contributed by atoms with Crippen LogP contribution in [0.4, 0.5) is 5.69 Å². The molecule has 3 N–H and O–H groups in total. The topological polar surface area (TPSA) is 97.9 Å². The molecule has 4 aliphatic rings.